The molecule has 2 rings (SSSR count). The zero-order chi connectivity index (χ0) is 12.8. The van der Waals surface area contributed by atoms with Crippen LogP contribution in [0, 0.1) is 0 Å². The van der Waals surface area contributed by atoms with Crippen molar-refractivity contribution >= 4 is 15.9 Å². The van der Waals surface area contributed by atoms with Gasteiger partial charge in [-0.25, -0.2) is 0 Å². The van der Waals surface area contributed by atoms with Crippen LogP contribution in [0.5, 0.6) is 5.75 Å². The number of hydrogen-bond donors (Lipinski definition) is 1. The van der Waals surface area contributed by atoms with Crippen molar-refractivity contribution in [2.45, 2.75) is 5.92 Å². The van der Waals surface area contributed by atoms with Gasteiger partial charge in [-0.3, -0.25) is 4.98 Å². The first-order valence-corrected chi connectivity index (χ1v) is 6.48. The maximum atomic E-state index is 9.41. The Bertz CT molecular complexity index is 490. The Labute approximate surface area is 115 Å². The minimum Gasteiger partial charge on any atom is -0.492 e. The van der Waals surface area contributed by atoms with Crippen molar-refractivity contribution < 1.29 is 9.84 Å². The lowest BCUT2D eigenvalue weighted by Gasteiger charge is -2.16. The molecular formula is C14H14BrNO2. The van der Waals surface area contributed by atoms with Crippen LogP contribution < -0.4 is 4.74 Å². The summed E-state index contributed by atoms with van der Waals surface area (Å²) >= 11 is 3.42. The van der Waals surface area contributed by atoms with Crippen molar-refractivity contribution in [2.75, 3.05) is 13.2 Å². The van der Waals surface area contributed by atoms with E-state index in [0.29, 0.717) is 6.61 Å². The predicted octanol–water partition coefficient (Wildman–Crippen LogP) is 3.00. The van der Waals surface area contributed by atoms with Gasteiger partial charge in [0.1, 0.15) is 5.75 Å². The topological polar surface area (TPSA) is 42.4 Å². The number of aliphatic hydroxyl groups is 1. The number of hydrogen-bond acceptors (Lipinski definition) is 3. The lowest BCUT2D eigenvalue weighted by atomic mass is 10.0. The van der Waals surface area contributed by atoms with Crippen molar-refractivity contribution in [3.05, 3.63) is 58.8 Å². The second-order valence-electron chi connectivity index (χ2n) is 3.91. The number of aromatic nitrogens is 1. The van der Waals surface area contributed by atoms with Crippen LogP contribution in [0.2, 0.25) is 0 Å². The normalized spacial score (nSPS) is 12.1. The van der Waals surface area contributed by atoms with E-state index in [-0.39, 0.29) is 12.5 Å². The smallest absolute Gasteiger partial charge is 0.133 e. The van der Waals surface area contributed by atoms with E-state index in [9.17, 15) is 5.11 Å². The molecule has 94 valence electrons. The third-order valence-electron chi connectivity index (χ3n) is 2.65. The van der Waals surface area contributed by atoms with Gasteiger partial charge in [-0.15, -0.1) is 0 Å². The van der Waals surface area contributed by atoms with Crippen LogP contribution >= 0.6 is 15.9 Å². The molecule has 0 aliphatic carbocycles. The molecule has 1 aromatic carbocycles. The number of para-hydroxylation sites is 1. The summed E-state index contributed by atoms with van der Waals surface area (Å²) in [4.78, 5) is 4.05. The van der Waals surface area contributed by atoms with E-state index in [1.165, 1.54) is 0 Å². The number of benzene rings is 1. The molecular weight excluding hydrogens is 294 g/mol. The van der Waals surface area contributed by atoms with E-state index in [1.54, 1.807) is 12.4 Å². The summed E-state index contributed by atoms with van der Waals surface area (Å²) in [5.41, 5.74) is 0.979. The second-order valence-corrected chi connectivity index (χ2v) is 4.76. The SMILES string of the molecule is OCC(COc1ccccc1Br)c1cccnc1. The Morgan fingerprint density at radius 2 is 2.06 bits per heavy atom. The molecule has 0 fully saturated rings. The first-order chi connectivity index (χ1) is 8.81. The van der Waals surface area contributed by atoms with E-state index in [1.807, 2.05) is 36.4 Å². The summed E-state index contributed by atoms with van der Waals surface area (Å²) in [6.45, 7) is 0.459. The molecule has 4 heteroatoms. The number of halogens is 1. The van der Waals surface area contributed by atoms with E-state index < -0.39 is 0 Å². The molecule has 0 spiro atoms. The number of rotatable bonds is 5. The first-order valence-electron chi connectivity index (χ1n) is 5.69. The summed E-state index contributed by atoms with van der Waals surface area (Å²) in [7, 11) is 0. The quantitative estimate of drug-likeness (QED) is 0.923. The third-order valence-corrected chi connectivity index (χ3v) is 3.31. The van der Waals surface area contributed by atoms with Gasteiger partial charge < -0.3 is 9.84 Å². The van der Waals surface area contributed by atoms with Crippen LogP contribution in [-0.2, 0) is 0 Å². The van der Waals surface area contributed by atoms with Gasteiger partial charge in [0.05, 0.1) is 17.7 Å². The number of ether oxygens (including phenoxy) is 1. The fourth-order valence-corrected chi connectivity index (χ4v) is 2.02. The van der Waals surface area contributed by atoms with Gasteiger partial charge >= 0.3 is 0 Å². The molecule has 1 N–H and O–H groups in total. The molecule has 0 saturated carbocycles. The van der Waals surface area contributed by atoms with Crippen LogP contribution in [-0.4, -0.2) is 23.3 Å². The maximum absolute atomic E-state index is 9.41. The molecule has 0 saturated heterocycles. The van der Waals surface area contributed by atoms with Crippen molar-refractivity contribution in [3.8, 4) is 5.75 Å². The zero-order valence-corrected chi connectivity index (χ0v) is 11.4. The Hall–Kier alpha value is -1.39. The predicted molar refractivity (Wildman–Crippen MR) is 73.7 cm³/mol. The third kappa shape index (κ3) is 3.31. The fraction of sp³-hybridized carbons (Fsp3) is 0.214. The molecule has 1 heterocycles. The first kappa shape index (κ1) is 13.1. The Balaban J connectivity index is 2.02. The zero-order valence-electron chi connectivity index (χ0n) is 9.79. The van der Waals surface area contributed by atoms with E-state index in [2.05, 4.69) is 20.9 Å². The van der Waals surface area contributed by atoms with E-state index >= 15 is 0 Å². The minimum absolute atomic E-state index is 0.0378. The highest BCUT2D eigenvalue weighted by Crippen LogP contribution is 2.25. The largest absolute Gasteiger partial charge is 0.492 e. The van der Waals surface area contributed by atoms with E-state index in [0.717, 1.165) is 15.8 Å². The van der Waals surface area contributed by atoms with Crippen molar-refractivity contribution in [1.82, 2.24) is 4.98 Å². The summed E-state index contributed by atoms with van der Waals surface area (Å²) in [5, 5.41) is 9.41. The average molecular weight is 308 g/mol. The minimum atomic E-state index is -0.0641. The molecule has 2 aromatic rings. The molecule has 0 radical (unpaired) electrons. The van der Waals surface area contributed by atoms with Gasteiger partial charge in [-0.05, 0) is 39.7 Å². The Morgan fingerprint density at radius 3 is 2.72 bits per heavy atom. The summed E-state index contributed by atoms with van der Waals surface area (Å²) in [5.74, 6) is 0.714. The molecule has 3 nitrogen and oxygen atoms in total. The summed E-state index contributed by atoms with van der Waals surface area (Å²) < 4.78 is 6.62. The van der Waals surface area contributed by atoms with E-state index in [4.69, 9.17) is 4.74 Å². The summed E-state index contributed by atoms with van der Waals surface area (Å²) in [6, 6.07) is 11.5. The Kier molecular flexibility index (Phi) is 4.73. The number of pyridine rings is 1. The highest BCUT2D eigenvalue weighted by atomic mass is 79.9. The van der Waals surface area contributed by atoms with Gasteiger partial charge in [0, 0.05) is 18.3 Å². The van der Waals surface area contributed by atoms with Crippen molar-refractivity contribution in [1.29, 1.82) is 0 Å². The molecule has 1 unspecified atom stereocenters. The van der Waals surface area contributed by atoms with Gasteiger partial charge in [0.2, 0.25) is 0 Å². The molecule has 18 heavy (non-hydrogen) atoms. The Morgan fingerprint density at radius 1 is 1.22 bits per heavy atom. The standard InChI is InChI=1S/C14H14BrNO2/c15-13-5-1-2-6-14(13)18-10-12(9-17)11-4-3-7-16-8-11/h1-8,12,17H,9-10H2. The van der Waals surface area contributed by atoms with Crippen LogP contribution in [0.4, 0.5) is 0 Å². The van der Waals surface area contributed by atoms with Crippen LogP contribution in [0.3, 0.4) is 0 Å². The monoisotopic (exact) mass is 307 g/mol. The van der Waals surface area contributed by atoms with Gasteiger partial charge in [0.25, 0.3) is 0 Å². The second kappa shape index (κ2) is 6.52. The average Bonchev–Trinajstić information content (AvgIpc) is 2.42. The summed E-state index contributed by atoms with van der Waals surface area (Å²) in [6.07, 6.45) is 3.47. The molecule has 0 bridgehead atoms. The van der Waals surface area contributed by atoms with Crippen LogP contribution in [0.25, 0.3) is 0 Å². The number of aliphatic hydroxyl groups excluding tert-OH is 1. The van der Waals surface area contributed by atoms with Crippen molar-refractivity contribution in [3.63, 3.8) is 0 Å². The van der Waals surface area contributed by atoms with Gasteiger partial charge in [0.15, 0.2) is 0 Å². The number of nitrogens with zero attached hydrogens (tertiary/aromatic N) is 1. The highest BCUT2D eigenvalue weighted by molar-refractivity contribution is 9.10. The lowest BCUT2D eigenvalue weighted by molar-refractivity contribution is 0.204. The molecule has 0 amide bonds. The highest BCUT2D eigenvalue weighted by Gasteiger charge is 2.12. The molecule has 0 aliphatic rings. The van der Waals surface area contributed by atoms with Crippen LogP contribution in [0.15, 0.2) is 53.3 Å². The molecule has 1 aromatic heterocycles. The van der Waals surface area contributed by atoms with Crippen LogP contribution in [0.1, 0.15) is 11.5 Å². The molecule has 1 atom stereocenters. The van der Waals surface area contributed by atoms with Crippen molar-refractivity contribution in [2.24, 2.45) is 0 Å². The molecule has 0 aliphatic heterocycles. The van der Waals surface area contributed by atoms with Gasteiger partial charge in [-0.1, -0.05) is 18.2 Å². The maximum Gasteiger partial charge on any atom is 0.133 e. The fourth-order valence-electron chi connectivity index (χ4n) is 1.62. The lowest BCUT2D eigenvalue weighted by Crippen LogP contribution is -2.14. The van der Waals surface area contributed by atoms with Gasteiger partial charge in [-0.2, -0.15) is 0 Å².